The van der Waals surface area contributed by atoms with Crippen LogP contribution in [0.3, 0.4) is 0 Å². The van der Waals surface area contributed by atoms with Crippen LogP contribution in [0, 0.1) is 11.5 Å². The number of furan rings is 1. The number of hydrogen-bond acceptors (Lipinski definition) is 6. The third-order valence-electron chi connectivity index (χ3n) is 7.25. The summed E-state index contributed by atoms with van der Waals surface area (Å²) >= 11 is 13.1. The SMILES string of the molecule is N#C/N=C(\NC[C@H](NC(=O)c1c(Cl)cc2c(c1Cl)CCN(C(=O)c1ccc3ccoc3c1)C2)C(=O)O)N1CCCC1. The summed E-state index contributed by atoms with van der Waals surface area (Å²) in [5.41, 5.74) is 2.45. The van der Waals surface area contributed by atoms with Gasteiger partial charge in [-0.05, 0) is 54.7 Å². The number of nitrogens with zero attached hydrogens (tertiary/aromatic N) is 4. The maximum atomic E-state index is 13.2. The average Bonchev–Trinajstić information content (AvgIpc) is 3.66. The number of carbonyl (C=O) groups excluding carboxylic acids is 2. The number of guanidine groups is 1. The molecule has 0 radical (unpaired) electrons. The quantitative estimate of drug-likeness (QED) is 0.221. The van der Waals surface area contributed by atoms with E-state index in [1.54, 1.807) is 35.6 Å². The third kappa shape index (κ3) is 5.94. The van der Waals surface area contributed by atoms with Crippen LogP contribution in [0.25, 0.3) is 11.0 Å². The molecule has 2 amide bonds. The number of hydrogen-bond donors (Lipinski definition) is 3. The van der Waals surface area contributed by atoms with Crippen LogP contribution in [0.2, 0.25) is 10.0 Å². The van der Waals surface area contributed by atoms with Crippen molar-refractivity contribution in [1.82, 2.24) is 20.4 Å². The number of amides is 2. The van der Waals surface area contributed by atoms with E-state index in [0.717, 1.165) is 18.2 Å². The largest absolute Gasteiger partial charge is 0.480 e. The van der Waals surface area contributed by atoms with Crippen molar-refractivity contribution < 1.29 is 23.9 Å². The van der Waals surface area contributed by atoms with E-state index in [-0.39, 0.29) is 40.6 Å². The molecule has 0 spiro atoms. The second kappa shape index (κ2) is 12.1. The smallest absolute Gasteiger partial charge is 0.328 e. The molecule has 3 heterocycles. The number of fused-ring (bicyclic) bond motifs is 2. The van der Waals surface area contributed by atoms with Crippen LogP contribution in [0.4, 0.5) is 0 Å². The average molecular weight is 597 g/mol. The first-order chi connectivity index (χ1) is 19.8. The fraction of sp³-hybridized carbons (Fsp3) is 0.321. The van der Waals surface area contributed by atoms with Crippen molar-refractivity contribution in [2.24, 2.45) is 4.99 Å². The molecule has 11 nitrogen and oxygen atoms in total. The van der Waals surface area contributed by atoms with Gasteiger partial charge >= 0.3 is 5.97 Å². The van der Waals surface area contributed by atoms with Gasteiger partial charge in [-0.15, -0.1) is 4.99 Å². The van der Waals surface area contributed by atoms with Crippen molar-refractivity contribution >= 4 is 57.9 Å². The number of aliphatic imine (C=N–C) groups is 1. The van der Waals surface area contributed by atoms with Crippen molar-refractivity contribution in [3.05, 3.63) is 68.9 Å². The Bertz CT molecular complexity index is 1590. The zero-order valence-corrected chi connectivity index (χ0v) is 23.3. The number of aliphatic carboxylic acids is 1. The molecule has 2 aliphatic rings. The number of rotatable bonds is 6. The fourth-order valence-corrected chi connectivity index (χ4v) is 5.89. The standard InChI is InChI=1S/C28H26Cl2N6O5/c29-20-11-18-14-36(26(38)17-4-3-16-6-10-41-22(16)12-17)9-5-19(18)24(30)23(20)25(37)34-21(27(39)40)13-32-28(33-15-31)35-7-1-2-8-35/h3-4,6,10-12,21H,1-2,5,7-9,13-14H2,(H,32,33)(H,34,37)(H,39,40)/t21-/m0/s1. The molecule has 0 aliphatic carbocycles. The Morgan fingerprint density at radius 3 is 2.63 bits per heavy atom. The Balaban J connectivity index is 1.30. The van der Waals surface area contributed by atoms with Crippen LogP contribution in [0.5, 0.6) is 0 Å². The van der Waals surface area contributed by atoms with Crippen LogP contribution < -0.4 is 10.6 Å². The second-order valence-corrected chi connectivity index (χ2v) is 10.6. The fourth-order valence-electron chi connectivity index (χ4n) is 5.13. The van der Waals surface area contributed by atoms with Gasteiger partial charge in [-0.1, -0.05) is 29.3 Å². The Morgan fingerprint density at radius 1 is 1.12 bits per heavy atom. The predicted octanol–water partition coefficient (Wildman–Crippen LogP) is 3.64. The Morgan fingerprint density at radius 2 is 1.90 bits per heavy atom. The van der Waals surface area contributed by atoms with E-state index in [1.807, 2.05) is 17.0 Å². The summed E-state index contributed by atoms with van der Waals surface area (Å²) in [6, 6.07) is 7.34. The van der Waals surface area contributed by atoms with Crippen molar-refractivity contribution in [1.29, 1.82) is 5.26 Å². The predicted molar refractivity (Wildman–Crippen MR) is 152 cm³/mol. The van der Waals surface area contributed by atoms with Gasteiger partial charge in [0.25, 0.3) is 11.8 Å². The first kappa shape index (κ1) is 28.3. The molecular weight excluding hydrogens is 571 g/mol. The molecule has 1 fully saturated rings. The Kier molecular flexibility index (Phi) is 8.33. The Hall–Kier alpha value is -4.27. The zero-order valence-electron chi connectivity index (χ0n) is 21.8. The number of halogens is 2. The first-order valence-corrected chi connectivity index (χ1v) is 13.8. The van der Waals surface area contributed by atoms with Gasteiger partial charge in [0.1, 0.15) is 11.6 Å². The molecule has 0 saturated carbocycles. The number of benzene rings is 2. The van der Waals surface area contributed by atoms with Crippen molar-refractivity contribution in [2.45, 2.75) is 31.8 Å². The van der Waals surface area contributed by atoms with E-state index < -0.39 is 17.9 Å². The maximum absolute atomic E-state index is 13.2. The molecule has 0 unspecified atom stereocenters. The van der Waals surface area contributed by atoms with Gasteiger partial charge in [0.2, 0.25) is 12.2 Å². The molecule has 2 aliphatic heterocycles. The Labute approximate surface area is 245 Å². The molecule has 1 atom stereocenters. The summed E-state index contributed by atoms with van der Waals surface area (Å²) < 4.78 is 5.42. The van der Waals surface area contributed by atoms with Gasteiger partial charge in [0.05, 0.1) is 21.9 Å². The van der Waals surface area contributed by atoms with Crippen molar-refractivity contribution in [3.63, 3.8) is 0 Å². The van der Waals surface area contributed by atoms with Gasteiger partial charge in [-0.3, -0.25) is 9.59 Å². The van der Waals surface area contributed by atoms with Crippen LogP contribution in [-0.2, 0) is 17.8 Å². The molecule has 1 saturated heterocycles. The summed E-state index contributed by atoms with van der Waals surface area (Å²) in [5.74, 6) is -1.94. The van der Waals surface area contributed by atoms with Crippen LogP contribution in [0.15, 0.2) is 46.0 Å². The van der Waals surface area contributed by atoms with Crippen molar-refractivity contribution in [3.8, 4) is 6.19 Å². The molecule has 41 heavy (non-hydrogen) atoms. The summed E-state index contributed by atoms with van der Waals surface area (Å²) in [6.07, 6.45) is 5.54. The molecule has 212 valence electrons. The lowest BCUT2D eigenvalue weighted by Crippen LogP contribution is -2.51. The maximum Gasteiger partial charge on any atom is 0.328 e. The highest BCUT2D eigenvalue weighted by Crippen LogP contribution is 2.35. The van der Waals surface area contributed by atoms with Crippen LogP contribution >= 0.6 is 23.2 Å². The normalized spacial score (nSPS) is 15.8. The number of carboxylic acid groups (broad SMARTS) is 1. The first-order valence-electron chi connectivity index (χ1n) is 13.0. The second-order valence-electron chi connectivity index (χ2n) is 9.81. The van der Waals surface area contributed by atoms with Gasteiger partial charge in [0.15, 0.2) is 0 Å². The van der Waals surface area contributed by atoms with E-state index in [0.29, 0.717) is 48.3 Å². The lowest BCUT2D eigenvalue weighted by molar-refractivity contribution is -0.139. The highest BCUT2D eigenvalue weighted by Gasteiger charge is 2.30. The number of nitrogens with one attached hydrogen (secondary N) is 2. The molecule has 3 N–H and O–H groups in total. The van der Waals surface area contributed by atoms with Crippen LogP contribution in [0.1, 0.15) is 44.7 Å². The highest BCUT2D eigenvalue weighted by molar-refractivity contribution is 6.40. The summed E-state index contributed by atoms with van der Waals surface area (Å²) in [7, 11) is 0. The number of carboxylic acids is 1. The minimum absolute atomic E-state index is 0.0353. The minimum Gasteiger partial charge on any atom is -0.480 e. The molecule has 0 bridgehead atoms. The van der Waals surface area contributed by atoms with Crippen LogP contribution in [-0.4, -0.2) is 70.9 Å². The topological polar surface area (TPSA) is 151 Å². The molecule has 1 aromatic heterocycles. The summed E-state index contributed by atoms with van der Waals surface area (Å²) in [5, 5.41) is 25.2. The van der Waals surface area contributed by atoms with E-state index in [4.69, 9.17) is 32.9 Å². The number of nitriles is 1. The lowest BCUT2D eigenvalue weighted by Gasteiger charge is -2.30. The number of likely N-dealkylation sites (tertiary alicyclic amines) is 1. The van der Waals surface area contributed by atoms with Crippen molar-refractivity contribution in [2.75, 3.05) is 26.2 Å². The monoisotopic (exact) mass is 596 g/mol. The molecular formula is C28H26Cl2N6O5. The van der Waals surface area contributed by atoms with Gasteiger partial charge in [0, 0.05) is 43.7 Å². The molecule has 2 aromatic carbocycles. The third-order valence-corrected chi connectivity index (χ3v) is 7.97. The van der Waals surface area contributed by atoms with Gasteiger partial charge < -0.3 is 30.0 Å². The minimum atomic E-state index is -1.35. The van der Waals surface area contributed by atoms with E-state index in [1.165, 1.54) is 0 Å². The molecule has 13 heteroatoms. The summed E-state index contributed by atoms with van der Waals surface area (Å²) in [4.78, 5) is 45.7. The zero-order chi connectivity index (χ0) is 29.1. The van der Waals surface area contributed by atoms with E-state index in [9.17, 15) is 19.5 Å². The molecule has 5 rings (SSSR count). The van der Waals surface area contributed by atoms with Gasteiger partial charge in [-0.2, -0.15) is 5.26 Å². The summed E-state index contributed by atoms with van der Waals surface area (Å²) in [6.45, 7) is 1.79. The molecule has 3 aromatic rings. The highest BCUT2D eigenvalue weighted by atomic mass is 35.5. The number of carbonyl (C=O) groups is 3. The van der Waals surface area contributed by atoms with E-state index in [2.05, 4.69) is 15.6 Å². The van der Waals surface area contributed by atoms with Gasteiger partial charge in [-0.25, -0.2) is 4.79 Å². The van der Waals surface area contributed by atoms with E-state index >= 15 is 0 Å². The lowest BCUT2D eigenvalue weighted by atomic mass is 9.96.